The van der Waals surface area contributed by atoms with E-state index in [1.54, 1.807) is 12.1 Å². The second kappa shape index (κ2) is 5.39. The van der Waals surface area contributed by atoms with Crippen LogP contribution in [0, 0.1) is 6.92 Å². The number of nitrogens with one attached hydrogen (secondary N) is 1. The topological polar surface area (TPSA) is 79.6 Å². The summed E-state index contributed by atoms with van der Waals surface area (Å²) in [6.07, 6.45) is 0. The second-order valence-electron chi connectivity index (χ2n) is 5.57. The average molecular weight is 312 g/mol. The van der Waals surface area contributed by atoms with E-state index >= 15 is 0 Å². The monoisotopic (exact) mass is 312 g/mol. The van der Waals surface area contributed by atoms with Crippen molar-refractivity contribution in [3.05, 3.63) is 58.5 Å². The van der Waals surface area contributed by atoms with Crippen LogP contribution in [0.1, 0.15) is 55.6 Å². The molecule has 0 saturated heterocycles. The Balaban J connectivity index is 1.82. The summed E-state index contributed by atoms with van der Waals surface area (Å²) in [5.41, 5.74) is 0.908. The zero-order valence-corrected chi connectivity index (χ0v) is 13.0. The largest absolute Gasteiger partial charge is 0.464 e. The average Bonchev–Trinajstić information content (AvgIpc) is 3.06. The molecular weight excluding hydrogens is 296 g/mol. The first-order chi connectivity index (χ1) is 10.9. The first-order valence-electron chi connectivity index (χ1n) is 7.22. The zero-order chi connectivity index (χ0) is 16.7. The highest BCUT2D eigenvalue weighted by Crippen LogP contribution is 2.23. The summed E-state index contributed by atoms with van der Waals surface area (Å²) in [7, 11) is 1.42. The van der Waals surface area contributed by atoms with E-state index in [0.29, 0.717) is 16.9 Å². The zero-order valence-electron chi connectivity index (χ0n) is 13.0. The lowest BCUT2D eigenvalue weighted by molar-refractivity contribution is 0.0693. The van der Waals surface area contributed by atoms with Crippen LogP contribution in [0.5, 0.6) is 0 Å². The summed E-state index contributed by atoms with van der Waals surface area (Å²) >= 11 is 0. The van der Waals surface area contributed by atoms with Crippen LogP contribution in [0.4, 0.5) is 0 Å². The standard InChI is InChI=1S/C17H16N2O4/c1-9-4-7-14(23-9)10(2)18-15(20)11-5-6-12-13(8-11)17(22)19(3)16(12)21/h4-8,10H,1-3H3,(H,18,20)/t10-/m1/s1. The number of hydrogen-bond acceptors (Lipinski definition) is 4. The minimum atomic E-state index is -0.394. The Morgan fingerprint density at radius 1 is 1.13 bits per heavy atom. The van der Waals surface area contributed by atoms with E-state index in [9.17, 15) is 14.4 Å². The van der Waals surface area contributed by atoms with Gasteiger partial charge in [0.05, 0.1) is 17.2 Å². The predicted octanol–water partition coefficient (Wildman–Crippen LogP) is 2.30. The van der Waals surface area contributed by atoms with Crippen LogP contribution in [0.25, 0.3) is 0 Å². The highest BCUT2D eigenvalue weighted by molar-refractivity contribution is 6.21. The van der Waals surface area contributed by atoms with E-state index in [4.69, 9.17) is 4.42 Å². The summed E-state index contributed by atoms with van der Waals surface area (Å²) in [4.78, 5) is 37.2. The molecule has 0 unspecified atom stereocenters. The Hall–Kier alpha value is -2.89. The maximum Gasteiger partial charge on any atom is 0.261 e. The molecule has 6 nitrogen and oxygen atoms in total. The van der Waals surface area contributed by atoms with Crippen molar-refractivity contribution < 1.29 is 18.8 Å². The van der Waals surface area contributed by atoms with Gasteiger partial charge in [0, 0.05) is 12.6 Å². The van der Waals surface area contributed by atoms with Crippen LogP contribution in [0.15, 0.2) is 34.7 Å². The fraction of sp³-hybridized carbons (Fsp3) is 0.235. The van der Waals surface area contributed by atoms with Crippen molar-refractivity contribution in [3.63, 3.8) is 0 Å². The molecule has 0 saturated carbocycles. The minimum absolute atomic E-state index is 0.256. The number of amides is 3. The third-order valence-corrected chi connectivity index (χ3v) is 3.89. The molecule has 1 aliphatic heterocycles. The van der Waals surface area contributed by atoms with Gasteiger partial charge in [-0.05, 0) is 44.2 Å². The first kappa shape index (κ1) is 15.0. The highest BCUT2D eigenvalue weighted by atomic mass is 16.3. The summed E-state index contributed by atoms with van der Waals surface area (Å²) in [6.45, 7) is 3.64. The number of nitrogens with zero attached hydrogens (tertiary/aromatic N) is 1. The molecule has 1 atom stereocenters. The van der Waals surface area contributed by atoms with Crippen LogP contribution in [0.3, 0.4) is 0 Å². The molecule has 1 aromatic carbocycles. The van der Waals surface area contributed by atoms with Crippen LogP contribution in [-0.2, 0) is 0 Å². The molecule has 2 aromatic rings. The number of rotatable bonds is 3. The molecule has 0 spiro atoms. The molecule has 0 radical (unpaired) electrons. The predicted molar refractivity (Wildman–Crippen MR) is 82.2 cm³/mol. The van der Waals surface area contributed by atoms with E-state index in [-0.39, 0.29) is 23.4 Å². The molecule has 2 heterocycles. The number of hydrogen-bond donors (Lipinski definition) is 1. The molecule has 0 bridgehead atoms. The Labute approximate surface area is 133 Å². The number of fused-ring (bicyclic) bond motifs is 1. The van der Waals surface area contributed by atoms with E-state index < -0.39 is 5.91 Å². The van der Waals surface area contributed by atoms with E-state index in [0.717, 1.165) is 10.7 Å². The van der Waals surface area contributed by atoms with Crippen molar-refractivity contribution in [3.8, 4) is 0 Å². The van der Waals surface area contributed by atoms with Crippen LogP contribution >= 0.6 is 0 Å². The summed E-state index contributed by atoms with van der Waals surface area (Å²) in [5, 5.41) is 2.81. The third kappa shape index (κ3) is 2.52. The summed E-state index contributed by atoms with van der Waals surface area (Å²) in [6, 6.07) is 7.83. The maximum atomic E-state index is 12.3. The van der Waals surface area contributed by atoms with Gasteiger partial charge in [-0.15, -0.1) is 0 Å². The molecule has 3 rings (SSSR count). The molecule has 3 amide bonds. The molecule has 0 fully saturated rings. The second-order valence-corrected chi connectivity index (χ2v) is 5.57. The lowest BCUT2D eigenvalue weighted by atomic mass is 10.0. The number of benzene rings is 1. The van der Waals surface area contributed by atoms with Crippen molar-refractivity contribution in [1.29, 1.82) is 0 Å². The van der Waals surface area contributed by atoms with Crippen LogP contribution < -0.4 is 5.32 Å². The van der Waals surface area contributed by atoms with E-state index in [2.05, 4.69) is 5.32 Å². The van der Waals surface area contributed by atoms with E-state index in [1.165, 1.54) is 19.2 Å². The molecule has 0 aliphatic carbocycles. The molecule has 1 aromatic heterocycles. The summed E-state index contributed by atoms with van der Waals surface area (Å²) in [5.74, 6) is 0.351. The van der Waals surface area contributed by atoms with Crippen molar-refractivity contribution in [2.45, 2.75) is 19.9 Å². The van der Waals surface area contributed by atoms with Gasteiger partial charge in [-0.1, -0.05) is 0 Å². The summed E-state index contributed by atoms with van der Waals surface area (Å²) < 4.78 is 5.48. The van der Waals surface area contributed by atoms with Crippen LogP contribution in [-0.4, -0.2) is 29.7 Å². The van der Waals surface area contributed by atoms with Crippen molar-refractivity contribution >= 4 is 17.7 Å². The quantitative estimate of drug-likeness (QED) is 0.882. The fourth-order valence-electron chi connectivity index (χ4n) is 2.54. The maximum absolute atomic E-state index is 12.3. The van der Waals surface area contributed by atoms with Crippen molar-refractivity contribution in [2.24, 2.45) is 0 Å². The van der Waals surface area contributed by atoms with Crippen LogP contribution in [0.2, 0.25) is 0 Å². The molecule has 6 heteroatoms. The van der Waals surface area contributed by atoms with Crippen molar-refractivity contribution in [1.82, 2.24) is 10.2 Å². The SMILES string of the molecule is Cc1ccc([C@@H](C)NC(=O)c2ccc3c(c2)C(=O)N(C)C3=O)o1. The highest BCUT2D eigenvalue weighted by Gasteiger charge is 2.33. The molecule has 1 N–H and O–H groups in total. The number of furan rings is 1. The van der Waals surface area contributed by atoms with Gasteiger partial charge in [0.1, 0.15) is 11.5 Å². The van der Waals surface area contributed by atoms with Gasteiger partial charge in [-0.3, -0.25) is 19.3 Å². The normalized spacial score (nSPS) is 14.8. The lowest BCUT2D eigenvalue weighted by Crippen LogP contribution is -2.26. The number of carbonyl (C=O) groups excluding carboxylic acids is 3. The van der Waals surface area contributed by atoms with Gasteiger partial charge in [-0.2, -0.15) is 0 Å². The Bertz CT molecular complexity index is 822. The van der Waals surface area contributed by atoms with Gasteiger partial charge in [0.25, 0.3) is 17.7 Å². The van der Waals surface area contributed by atoms with Gasteiger partial charge in [0.15, 0.2) is 0 Å². The fourth-order valence-corrected chi connectivity index (χ4v) is 2.54. The molecule has 118 valence electrons. The van der Waals surface area contributed by atoms with Crippen molar-refractivity contribution in [2.75, 3.05) is 7.05 Å². The first-order valence-corrected chi connectivity index (χ1v) is 7.22. The molecule has 23 heavy (non-hydrogen) atoms. The molecule has 1 aliphatic rings. The third-order valence-electron chi connectivity index (χ3n) is 3.89. The van der Waals surface area contributed by atoms with E-state index in [1.807, 2.05) is 19.9 Å². The lowest BCUT2D eigenvalue weighted by Gasteiger charge is -2.12. The Morgan fingerprint density at radius 2 is 1.83 bits per heavy atom. The Kier molecular flexibility index (Phi) is 3.52. The number of aryl methyl sites for hydroxylation is 1. The smallest absolute Gasteiger partial charge is 0.261 e. The van der Waals surface area contributed by atoms with Gasteiger partial charge in [-0.25, -0.2) is 0 Å². The minimum Gasteiger partial charge on any atom is -0.464 e. The van der Waals surface area contributed by atoms with Gasteiger partial charge < -0.3 is 9.73 Å². The number of imide groups is 1. The molecular formula is C17H16N2O4. The van der Waals surface area contributed by atoms with Gasteiger partial charge >= 0.3 is 0 Å². The number of carbonyl (C=O) groups is 3. The Morgan fingerprint density at radius 3 is 2.48 bits per heavy atom. The van der Waals surface area contributed by atoms with Gasteiger partial charge in [0.2, 0.25) is 0 Å².